The highest BCUT2D eigenvalue weighted by Crippen LogP contribution is 2.41. The molecule has 1 aliphatic carbocycles. The quantitative estimate of drug-likeness (QED) is 0.330. The van der Waals surface area contributed by atoms with Gasteiger partial charge in [0.05, 0.1) is 0 Å². The molecule has 0 spiro atoms. The van der Waals surface area contributed by atoms with E-state index in [4.69, 9.17) is 0 Å². The van der Waals surface area contributed by atoms with Crippen molar-refractivity contribution in [2.45, 2.75) is 44.4 Å². The summed E-state index contributed by atoms with van der Waals surface area (Å²) < 4.78 is 0. The predicted octanol–water partition coefficient (Wildman–Crippen LogP) is 3.37. The Labute approximate surface area is 192 Å². The molecule has 0 amide bonds. The first-order valence-corrected chi connectivity index (χ1v) is 11.6. The largest absolute Gasteiger partial charge is 0.355 e. The van der Waals surface area contributed by atoms with Gasteiger partial charge in [0.1, 0.15) is 0 Å². The summed E-state index contributed by atoms with van der Waals surface area (Å²) in [6.45, 7) is 11.2. The molecule has 3 rings (SSSR count). The van der Waals surface area contributed by atoms with E-state index in [0.717, 1.165) is 25.6 Å². The van der Waals surface area contributed by atoms with E-state index in [1.54, 1.807) is 4.88 Å². The van der Waals surface area contributed by atoms with Gasteiger partial charge >= 0.3 is 0 Å². The number of likely N-dealkylation sites (N-methyl/N-ethyl adjacent to an activating group) is 1. The van der Waals surface area contributed by atoms with Gasteiger partial charge in [-0.25, -0.2) is 0 Å². The van der Waals surface area contributed by atoms with Crippen LogP contribution < -0.4 is 10.6 Å². The van der Waals surface area contributed by atoms with Gasteiger partial charge in [-0.2, -0.15) is 0 Å². The smallest absolute Gasteiger partial charge is 0.191 e. The number of aliphatic imine (C=N–C) groups is 1. The summed E-state index contributed by atoms with van der Waals surface area (Å²) in [4.78, 5) is 11.1. The number of halogens is 1. The maximum Gasteiger partial charge on any atom is 0.191 e. The first-order chi connectivity index (χ1) is 13.3. The van der Waals surface area contributed by atoms with Gasteiger partial charge in [-0.15, -0.1) is 35.3 Å². The molecule has 1 aliphatic heterocycles. The van der Waals surface area contributed by atoms with Crippen LogP contribution in [0, 0.1) is 0 Å². The van der Waals surface area contributed by atoms with Crippen LogP contribution in [-0.2, 0) is 5.41 Å². The molecule has 7 heteroatoms. The van der Waals surface area contributed by atoms with Crippen molar-refractivity contribution in [3.63, 3.8) is 0 Å². The average molecular weight is 520 g/mol. The standard InChI is InChI=1S/C21H37N5S.HI/c1-3-25-13-15-26(16-14-25)12-11-23-20(22-2)24-18-21(9-5-4-6-10-21)19-8-7-17-27-19;/h7-8,17H,3-6,9-16,18H2,1-2H3,(H2,22,23,24);1H. The Bertz CT molecular complexity index is 563. The molecular formula is C21H38IN5S. The van der Waals surface area contributed by atoms with E-state index < -0.39 is 0 Å². The maximum absolute atomic E-state index is 4.46. The average Bonchev–Trinajstić information content (AvgIpc) is 3.27. The Balaban J connectivity index is 0.00000280. The molecule has 0 radical (unpaired) electrons. The highest BCUT2D eigenvalue weighted by Gasteiger charge is 2.34. The van der Waals surface area contributed by atoms with E-state index in [2.05, 4.69) is 49.9 Å². The molecule has 1 aromatic rings. The molecule has 0 atom stereocenters. The molecule has 2 aliphatic rings. The molecule has 2 heterocycles. The zero-order chi connectivity index (χ0) is 19.0. The first kappa shape index (κ1) is 23.9. The van der Waals surface area contributed by atoms with Crippen molar-refractivity contribution in [2.75, 3.05) is 59.4 Å². The minimum Gasteiger partial charge on any atom is -0.355 e. The van der Waals surface area contributed by atoms with Crippen molar-refractivity contribution < 1.29 is 0 Å². The Morgan fingerprint density at radius 1 is 1.11 bits per heavy atom. The van der Waals surface area contributed by atoms with Gasteiger partial charge in [0.15, 0.2) is 5.96 Å². The van der Waals surface area contributed by atoms with Crippen molar-refractivity contribution in [2.24, 2.45) is 4.99 Å². The number of nitrogens with zero attached hydrogens (tertiary/aromatic N) is 3. The maximum atomic E-state index is 4.46. The van der Waals surface area contributed by atoms with Crippen LogP contribution in [-0.4, -0.2) is 75.2 Å². The third-order valence-corrected chi connectivity index (χ3v) is 7.42. The van der Waals surface area contributed by atoms with Crippen LogP contribution in [0.4, 0.5) is 0 Å². The summed E-state index contributed by atoms with van der Waals surface area (Å²) in [7, 11) is 1.88. The fourth-order valence-corrected chi connectivity index (χ4v) is 5.44. The lowest BCUT2D eigenvalue weighted by atomic mass is 9.73. The first-order valence-electron chi connectivity index (χ1n) is 10.7. The van der Waals surface area contributed by atoms with Gasteiger partial charge in [0.25, 0.3) is 0 Å². The highest BCUT2D eigenvalue weighted by molar-refractivity contribution is 14.0. The van der Waals surface area contributed by atoms with E-state index in [1.807, 2.05) is 18.4 Å². The number of nitrogens with one attached hydrogen (secondary N) is 2. The molecule has 2 N–H and O–H groups in total. The third kappa shape index (κ3) is 6.57. The zero-order valence-corrected chi connectivity index (χ0v) is 20.7. The summed E-state index contributed by atoms with van der Waals surface area (Å²) in [5, 5.41) is 9.39. The van der Waals surface area contributed by atoms with Gasteiger partial charge in [-0.05, 0) is 30.8 Å². The second-order valence-electron chi connectivity index (χ2n) is 7.95. The summed E-state index contributed by atoms with van der Waals surface area (Å²) in [5.41, 5.74) is 0.292. The van der Waals surface area contributed by atoms with Crippen molar-refractivity contribution in [1.29, 1.82) is 0 Å². The number of guanidine groups is 1. The van der Waals surface area contributed by atoms with Crippen molar-refractivity contribution in [1.82, 2.24) is 20.4 Å². The number of rotatable bonds is 7. The summed E-state index contributed by atoms with van der Waals surface area (Å²) >= 11 is 1.92. The van der Waals surface area contributed by atoms with E-state index in [9.17, 15) is 0 Å². The van der Waals surface area contributed by atoms with Crippen molar-refractivity contribution in [3.8, 4) is 0 Å². The number of thiophene rings is 1. The summed E-state index contributed by atoms with van der Waals surface area (Å²) in [6, 6.07) is 4.52. The number of hydrogen-bond acceptors (Lipinski definition) is 4. The molecule has 5 nitrogen and oxygen atoms in total. The lowest BCUT2D eigenvalue weighted by Gasteiger charge is -2.37. The molecular weight excluding hydrogens is 481 g/mol. The predicted molar refractivity (Wildman–Crippen MR) is 132 cm³/mol. The molecule has 1 aromatic heterocycles. The fourth-order valence-electron chi connectivity index (χ4n) is 4.45. The molecule has 0 unspecified atom stereocenters. The van der Waals surface area contributed by atoms with Crippen LogP contribution in [0.25, 0.3) is 0 Å². The van der Waals surface area contributed by atoms with Crippen LogP contribution in [0.5, 0.6) is 0 Å². The van der Waals surface area contributed by atoms with Gasteiger partial charge in [0, 0.05) is 63.2 Å². The van der Waals surface area contributed by atoms with Crippen LogP contribution in [0.15, 0.2) is 22.5 Å². The van der Waals surface area contributed by atoms with Crippen LogP contribution in [0.3, 0.4) is 0 Å². The van der Waals surface area contributed by atoms with E-state index >= 15 is 0 Å². The fraction of sp³-hybridized carbons (Fsp3) is 0.762. The van der Waals surface area contributed by atoms with Gasteiger partial charge < -0.3 is 15.5 Å². The van der Waals surface area contributed by atoms with Crippen LogP contribution >= 0.6 is 35.3 Å². The van der Waals surface area contributed by atoms with Gasteiger partial charge in [0.2, 0.25) is 0 Å². The van der Waals surface area contributed by atoms with Crippen molar-refractivity contribution >= 4 is 41.3 Å². The minimum absolute atomic E-state index is 0. The van der Waals surface area contributed by atoms with Gasteiger partial charge in [-0.3, -0.25) is 9.89 Å². The SMILES string of the molecule is CCN1CCN(CCNC(=NC)NCC2(c3cccs3)CCCCC2)CC1.I. The molecule has 2 fully saturated rings. The summed E-state index contributed by atoms with van der Waals surface area (Å²) in [5.74, 6) is 0.948. The monoisotopic (exact) mass is 519 g/mol. The third-order valence-electron chi connectivity index (χ3n) is 6.30. The Hall–Kier alpha value is -0.380. The highest BCUT2D eigenvalue weighted by atomic mass is 127. The Morgan fingerprint density at radius 2 is 1.82 bits per heavy atom. The lowest BCUT2D eigenvalue weighted by molar-refractivity contribution is 0.139. The topological polar surface area (TPSA) is 42.9 Å². The Kier molecular flexibility index (Phi) is 10.5. The lowest BCUT2D eigenvalue weighted by Crippen LogP contribution is -2.50. The normalized spacial score (nSPS) is 21.1. The molecule has 1 saturated carbocycles. The molecule has 0 aromatic carbocycles. The van der Waals surface area contributed by atoms with E-state index in [1.165, 1.54) is 64.8 Å². The minimum atomic E-state index is 0. The molecule has 1 saturated heterocycles. The van der Waals surface area contributed by atoms with E-state index in [0.29, 0.717) is 5.41 Å². The van der Waals surface area contributed by atoms with E-state index in [-0.39, 0.29) is 24.0 Å². The molecule has 28 heavy (non-hydrogen) atoms. The zero-order valence-electron chi connectivity index (χ0n) is 17.6. The van der Waals surface area contributed by atoms with Crippen molar-refractivity contribution in [3.05, 3.63) is 22.4 Å². The van der Waals surface area contributed by atoms with Crippen LogP contribution in [0.2, 0.25) is 0 Å². The molecule has 0 bridgehead atoms. The summed E-state index contributed by atoms with van der Waals surface area (Å²) in [6.07, 6.45) is 6.65. The second kappa shape index (κ2) is 12.3. The number of hydrogen-bond donors (Lipinski definition) is 2. The molecule has 160 valence electrons. The second-order valence-corrected chi connectivity index (χ2v) is 8.89. The Morgan fingerprint density at radius 3 is 2.43 bits per heavy atom. The van der Waals surface area contributed by atoms with Crippen LogP contribution in [0.1, 0.15) is 43.9 Å². The number of piperazine rings is 1. The van der Waals surface area contributed by atoms with Gasteiger partial charge in [-0.1, -0.05) is 32.3 Å².